The molecule has 2 N–H and O–H groups in total. The molecule has 6 nitrogen and oxygen atoms in total. The number of carbonyl (C=O) groups is 1. The summed E-state index contributed by atoms with van der Waals surface area (Å²) in [4.78, 5) is 10.5. The van der Waals surface area contributed by atoms with Gasteiger partial charge in [-0.25, -0.2) is 8.42 Å². The average Bonchev–Trinajstić information content (AvgIpc) is 2.51. The first-order valence-corrected chi connectivity index (χ1v) is 6.27. The highest BCUT2D eigenvalue weighted by molar-refractivity contribution is 7.91. The third-order valence-corrected chi connectivity index (χ3v) is 4.44. The van der Waals surface area contributed by atoms with E-state index in [9.17, 15) is 13.2 Å². The molecule has 84 valence electrons. The Labute approximate surface area is 91.2 Å². The number of nitrogens with one attached hydrogen (secondary N) is 1. The molecule has 0 fully saturated rings. The Morgan fingerprint density at radius 1 is 1.67 bits per heavy atom. The number of hydrogen-bond acceptors (Lipinski definition) is 5. The molecule has 1 heterocycles. The Balaban J connectivity index is 2.90. The number of hydrogen-bond donors (Lipinski definition) is 2. The number of rotatable bonds is 4. The molecule has 0 aliphatic rings. The number of aliphatic carboxylic acids is 1. The first-order valence-electron chi connectivity index (χ1n) is 4.01. The van der Waals surface area contributed by atoms with Crippen LogP contribution in [0.25, 0.3) is 0 Å². The zero-order valence-corrected chi connectivity index (χ0v) is 9.72. The van der Waals surface area contributed by atoms with Gasteiger partial charge >= 0.3 is 5.97 Å². The molecular weight excluding hydrogens is 240 g/mol. The minimum absolute atomic E-state index is 0.0214. The molecule has 15 heavy (non-hydrogen) atoms. The summed E-state index contributed by atoms with van der Waals surface area (Å²) < 4.78 is 29.0. The molecule has 0 aliphatic carbocycles. The normalized spacial score (nSPS) is 13.7. The lowest BCUT2D eigenvalue weighted by Crippen LogP contribution is -2.37. The summed E-state index contributed by atoms with van der Waals surface area (Å²) in [5.41, 5.74) is 0.586. The van der Waals surface area contributed by atoms with Crippen molar-refractivity contribution < 1.29 is 18.3 Å². The highest BCUT2D eigenvalue weighted by atomic mass is 32.2. The van der Waals surface area contributed by atoms with Crippen molar-refractivity contribution in [2.24, 2.45) is 0 Å². The zero-order valence-electron chi connectivity index (χ0n) is 8.09. The van der Waals surface area contributed by atoms with E-state index >= 15 is 0 Å². The average molecular weight is 250 g/mol. The van der Waals surface area contributed by atoms with Crippen LogP contribution >= 0.6 is 11.5 Å². The monoisotopic (exact) mass is 250 g/mol. The van der Waals surface area contributed by atoms with Gasteiger partial charge in [0.25, 0.3) is 10.0 Å². The lowest BCUT2D eigenvalue weighted by atomic mass is 10.4. The summed E-state index contributed by atoms with van der Waals surface area (Å²) in [6, 6.07) is 0.235. The molecule has 8 heteroatoms. The van der Waals surface area contributed by atoms with E-state index in [1.807, 2.05) is 4.72 Å². The van der Waals surface area contributed by atoms with E-state index in [-0.39, 0.29) is 4.21 Å². The Kier molecular flexibility index (Phi) is 3.42. The van der Waals surface area contributed by atoms with Crippen LogP contribution in [-0.4, -0.2) is 29.9 Å². The van der Waals surface area contributed by atoms with Crippen molar-refractivity contribution in [3.8, 4) is 0 Å². The molecule has 0 spiro atoms. The van der Waals surface area contributed by atoms with Crippen molar-refractivity contribution in [1.82, 2.24) is 9.10 Å². The van der Waals surface area contributed by atoms with Crippen LogP contribution in [0.1, 0.15) is 12.6 Å². The molecular formula is C7H10N2O4S2. The van der Waals surface area contributed by atoms with Gasteiger partial charge in [0.2, 0.25) is 0 Å². The van der Waals surface area contributed by atoms with Crippen molar-refractivity contribution in [2.75, 3.05) is 0 Å². The second-order valence-corrected chi connectivity index (χ2v) is 5.71. The largest absolute Gasteiger partial charge is 0.480 e. The van der Waals surface area contributed by atoms with Crippen LogP contribution in [-0.2, 0) is 14.8 Å². The quantitative estimate of drug-likeness (QED) is 0.796. The standard InChI is InChI=1S/C7H10N2O4S2/c1-4-3-6(14-8-4)15(12,13)9-5(2)7(10)11/h3,5,9H,1-2H3,(H,10,11)/t5-/m1/s1. The van der Waals surface area contributed by atoms with Crippen molar-refractivity contribution >= 4 is 27.5 Å². The highest BCUT2D eigenvalue weighted by Gasteiger charge is 2.23. The molecule has 0 radical (unpaired) electrons. The second-order valence-electron chi connectivity index (χ2n) is 2.97. The number of carboxylic acid groups (broad SMARTS) is 1. The van der Waals surface area contributed by atoms with Gasteiger partial charge < -0.3 is 5.11 Å². The number of nitrogens with zero attached hydrogens (tertiary/aromatic N) is 1. The Morgan fingerprint density at radius 2 is 2.27 bits per heavy atom. The van der Waals surface area contributed by atoms with Crippen molar-refractivity contribution in [1.29, 1.82) is 0 Å². The van der Waals surface area contributed by atoms with E-state index in [1.165, 1.54) is 13.0 Å². The topological polar surface area (TPSA) is 96.4 Å². The van der Waals surface area contributed by atoms with Crippen LogP contribution in [0.4, 0.5) is 0 Å². The van der Waals surface area contributed by atoms with Crippen molar-refractivity contribution in [2.45, 2.75) is 24.1 Å². The molecule has 1 rings (SSSR count). The SMILES string of the molecule is Cc1cc(S(=O)(=O)N[C@H](C)C(=O)O)sn1. The third kappa shape index (κ3) is 2.98. The lowest BCUT2D eigenvalue weighted by molar-refractivity contribution is -0.138. The van der Waals surface area contributed by atoms with Crippen LogP contribution < -0.4 is 4.72 Å². The summed E-state index contributed by atoms with van der Waals surface area (Å²) >= 11 is 0.817. The molecule has 1 atom stereocenters. The molecule has 0 aromatic carbocycles. The number of aromatic nitrogens is 1. The smallest absolute Gasteiger partial charge is 0.321 e. The van der Waals surface area contributed by atoms with E-state index < -0.39 is 22.0 Å². The predicted molar refractivity (Wildman–Crippen MR) is 54.3 cm³/mol. The Hall–Kier alpha value is -0.990. The molecule has 0 saturated carbocycles. The van der Waals surface area contributed by atoms with Gasteiger partial charge in [0.15, 0.2) is 4.21 Å². The van der Waals surface area contributed by atoms with Gasteiger partial charge in [0, 0.05) is 0 Å². The minimum Gasteiger partial charge on any atom is -0.480 e. The molecule has 1 aromatic heterocycles. The van der Waals surface area contributed by atoms with Gasteiger partial charge in [-0.1, -0.05) is 0 Å². The van der Waals surface area contributed by atoms with Gasteiger partial charge in [0.1, 0.15) is 6.04 Å². The fourth-order valence-electron chi connectivity index (χ4n) is 0.808. The predicted octanol–water partition coefficient (Wildman–Crippen LogP) is 0.203. The number of carboxylic acids is 1. The fourth-order valence-corrected chi connectivity index (χ4v) is 2.97. The Morgan fingerprint density at radius 3 is 2.67 bits per heavy atom. The molecule has 1 aromatic rings. The molecule has 0 bridgehead atoms. The summed E-state index contributed by atoms with van der Waals surface area (Å²) in [5.74, 6) is -1.22. The zero-order chi connectivity index (χ0) is 11.6. The Bertz CT molecular complexity index is 465. The van der Waals surface area contributed by atoms with E-state index in [0.29, 0.717) is 5.69 Å². The van der Waals surface area contributed by atoms with Gasteiger partial charge in [-0.15, -0.1) is 0 Å². The minimum atomic E-state index is -3.76. The maximum Gasteiger partial charge on any atom is 0.321 e. The molecule has 0 aliphatic heterocycles. The van der Waals surface area contributed by atoms with E-state index in [2.05, 4.69) is 4.37 Å². The second kappa shape index (κ2) is 4.25. The van der Waals surface area contributed by atoms with Gasteiger partial charge in [-0.05, 0) is 31.4 Å². The van der Waals surface area contributed by atoms with Crippen molar-refractivity contribution in [3.63, 3.8) is 0 Å². The van der Waals surface area contributed by atoms with E-state index in [4.69, 9.17) is 5.11 Å². The molecule has 0 unspecified atom stereocenters. The van der Waals surface area contributed by atoms with E-state index in [1.54, 1.807) is 6.92 Å². The van der Waals surface area contributed by atoms with Crippen molar-refractivity contribution in [3.05, 3.63) is 11.8 Å². The van der Waals surface area contributed by atoms with E-state index in [0.717, 1.165) is 11.5 Å². The summed E-state index contributed by atoms with van der Waals surface area (Å²) in [6.45, 7) is 2.92. The van der Waals surface area contributed by atoms with Crippen LogP contribution in [0.3, 0.4) is 0 Å². The highest BCUT2D eigenvalue weighted by Crippen LogP contribution is 2.15. The lowest BCUT2D eigenvalue weighted by Gasteiger charge is -2.07. The van der Waals surface area contributed by atoms with Gasteiger partial charge in [0.05, 0.1) is 5.69 Å². The molecule has 0 saturated heterocycles. The fraction of sp³-hybridized carbons (Fsp3) is 0.429. The summed E-state index contributed by atoms with van der Waals surface area (Å²) in [5, 5.41) is 8.56. The number of sulfonamides is 1. The first kappa shape index (κ1) is 12.1. The maximum atomic E-state index is 11.6. The van der Waals surface area contributed by atoms with Crippen LogP contribution in [0, 0.1) is 6.92 Å². The van der Waals surface area contributed by atoms with Gasteiger partial charge in [-0.3, -0.25) is 4.79 Å². The first-order chi connectivity index (χ1) is 6.83. The third-order valence-electron chi connectivity index (χ3n) is 1.57. The summed E-state index contributed by atoms with van der Waals surface area (Å²) in [6.07, 6.45) is 0. The van der Waals surface area contributed by atoms with Gasteiger partial charge in [-0.2, -0.15) is 9.10 Å². The van der Waals surface area contributed by atoms with Crippen LogP contribution in [0.2, 0.25) is 0 Å². The van der Waals surface area contributed by atoms with Crippen LogP contribution in [0.15, 0.2) is 10.3 Å². The molecule has 0 amide bonds. The summed E-state index contributed by atoms with van der Waals surface area (Å²) in [7, 11) is -3.76. The maximum absolute atomic E-state index is 11.6. The number of aryl methyl sites for hydroxylation is 1. The van der Waals surface area contributed by atoms with Crippen LogP contribution in [0.5, 0.6) is 0 Å².